The highest BCUT2D eigenvalue weighted by Gasteiger charge is 2.31. The SMILES string of the molecule is Cc1c[nH]c2ccc(CNC(=O)Cn3c(C)cnc(NC[C@@H]4CCCN4CC4CC4)c3=O)cc12. The van der Waals surface area contributed by atoms with Gasteiger partial charge in [-0.15, -0.1) is 0 Å². The summed E-state index contributed by atoms with van der Waals surface area (Å²) in [6.07, 6.45) is 8.70. The third-order valence-corrected chi connectivity index (χ3v) is 7.19. The lowest BCUT2D eigenvalue weighted by Crippen LogP contribution is -2.38. The summed E-state index contributed by atoms with van der Waals surface area (Å²) in [5.41, 5.74) is 3.71. The van der Waals surface area contributed by atoms with Crippen LogP contribution in [0.2, 0.25) is 0 Å². The first-order chi connectivity index (χ1) is 16.5. The summed E-state index contributed by atoms with van der Waals surface area (Å²) in [5, 5.41) is 7.38. The average Bonchev–Trinajstić information content (AvgIpc) is 3.42. The van der Waals surface area contributed by atoms with Crippen molar-refractivity contribution in [1.82, 2.24) is 24.8 Å². The van der Waals surface area contributed by atoms with Crippen LogP contribution in [0, 0.1) is 19.8 Å². The zero-order chi connectivity index (χ0) is 23.7. The number of amides is 1. The Kier molecular flexibility index (Phi) is 6.41. The van der Waals surface area contributed by atoms with E-state index < -0.39 is 0 Å². The minimum Gasteiger partial charge on any atom is -0.364 e. The van der Waals surface area contributed by atoms with Crippen molar-refractivity contribution in [1.29, 1.82) is 0 Å². The molecule has 0 spiro atoms. The van der Waals surface area contributed by atoms with E-state index in [1.807, 2.05) is 25.3 Å². The highest BCUT2D eigenvalue weighted by atomic mass is 16.2. The van der Waals surface area contributed by atoms with Crippen molar-refractivity contribution >= 4 is 22.6 Å². The fraction of sp³-hybridized carbons (Fsp3) is 0.500. The molecule has 8 heteroatoms. The number of nitrogens with one attached hydrogen (secondary N) is 3. The molecule has 2 fully saturated rings. The summed E-state index contributed by atoms with van der Waals surface area (Å²) < 4.78 is 1.50. The van der Waals surface area contributed by atoms with Gasteiger partial charge >= 0.3 is 0 Å². The van der Waals surface area contributed by atoms with Crippen LogP contribution in [0.25, 0.3) is 10.9 Å². The zero-order valence-corrected chi connectivity index (χ0v) is 20.1. The third-order valence-electron chi connectivity index (χ3n) is 7.19. The van der Waals surface area contributed by atoms with Crippen molar-refractivity contribution < 1.29 is 4.79 Å². The molecule has 1 amide bonds. The lowest BCUT2D eigenvalue weighted by atomic mass is 10.1. The Bertz CT molecular complexity index is 1240. The van der Waals surface area contributed by atoms with Crippen molar-refractivity contribution in [2.24, 2.45) is 5.92 Å². The fourth-order valence-corrected chi connectivity index (χ4v) is 4.92. The predicted octanol–water partition coefficient (Wildman–Crippen LogP) is 2.94. The number of aryl methyl sites for hydroxylation is 2. The lowest BCUT2D eigenvalue weighted by molar-refractivity contribution is -0.121. The highest BCUT2D eigenvalue weighted by molar-refractivity contribution is 5.83. The number of H-pyrrole nitrogens is 1. The molecule has 3 N–H and O–H groups in total. The van der Waals surface area contributed by atoms with Gasteiger partial charge < -0.3 is 15.6 Å². The molecule has 2 aromatic heterocycles. The Labute approximate surface area is 199 Å². The van der Waals surface area contributed by atoms with E-state index in [0.29, 0.717) is 30.6 Å². The molecule has 0 unspecified atom stereocenters. The van der Waals surface area contributed by atoms with E-state index in [1.165, 1.54) is 35.9 Å². The maximum absolute atomic E-state index is 13.1. The summed E-state index contributed by atoms with van der Waals surface area (Å²) >= 11 is 0. The molecular weight excluding hydrogens is 428 g/mol. The molecule has 1 saturated carbocycles. The minimum atomic E-state index is -0.244. The van der Waals surface area contributed by atoms with E-state index in [2.05, 4.69) is 38.5 Å². The molecule has 34 heavy (non-hydrogen) atoms. The summed E-state index contributed by atoms with van der Waals surface area (Å²) in [5.74, 6) is 0.993. The average molecular weight is 463 g/mol. The molecule has 0 radical (unpaired) electrons. The van der Waals surface area contributed by atoms with Crippen LogP contribution in [0.5, 0.6) is 0 Å². The maximum Gasteiger partial charge on any atom is 0.293 e. The first kappa shape index (κ1) is 22.7. The number of carbonyl (C=O) groups excluding carboxylic acids is 1. The van der Waals surface area contributed by atoms with Gasteiger partial charge in [-0.3, -0.25) is 19.1 Å². The second kappa shape index (κ2) is 9.62. The molecular formula is C26H34N6O2. The quantitative estimate of drug-likeness (QED) is 0.455. The van der Waals surface area contributed by atoms with Crippen LogP contribution in [0.1, 0.15) is 42.5 Å². The first-order valence-electron chi connectivity index (χ1n) is 12.4. The van der Waals surface area contributed by atoms with Crippen LogP contribution in [0.15, 0.2) is 35.4 Å². The smallest absolute Gasteiger partial charge is 0.293 e. The Morgan fingerprint density at radius 1 is 1.24 bits per heavy atom. The number of hydrogen-bond donors (Lipinski definition) is 3. The number of aromatic nitrogens is 3. The highest BCUT2D eigenvalue weighted by Crippen LogP contribution is 2.32. The van der Waals surface area contributed by atoms with Gasteiger partial charge in [0.25, 0.3) is 5.56 Å². The van der Waals surface area contributed by atoms with Gasteiger partial charge in [-0.1, -0.05) is 6.07 Å². The van der Waals surface area contributed by atoms with Gasteiger partial charge in [-0.05, 0) is 75.3 Å². The number of rotatable bonds is 9. The van der Waals surface area contributed by atoms with Crippen LogP contribution in [0.3, 0.4) is 0 Å². The monoisotopic (exact) mass is 462 g/mol. The third kappa shape index (κ3) is 5.01. The predicted molar refractivity (Wildman–Crippen MR) is 134 cm³/mol. The Morgan fingerprint density at radius 3 is 2.91 bits per heavy atom. The van der Waals surface area contributed by atoms with Crippen molar-refractivity contribution in [2.45, 2.75) is 58.7 Å². The van der Waals surface area contributed by atoms with E-state index in [0.717, 1.165) is 35.3 Å². The summed E-state index contributed by atoms with van der Waals surface area (Å²) in [6, 6.07) is 6.55. The van der Waals surface area contributed by atoms with Crippen molar-refractivity contribution in [3.8, 4) is 0 Å². The normalized spacial score (nSPS) is 18.5. The number of fused-ring (bicyclic) bond motifs is 1. The van der Waals surface area contributed by atoms with E-state index in [1.54, 1.807) is 6.20 Å². The number of aromatic amines is 1. The van der Waals surface area contributed by atoms with E-state index in [9.17, 15) is 9.59 Å². The van der Waals surface area contributed by atoms with Crippen LogP contribution < -0.4 is 16.2 Å². The topological polar surface area (TPSA) is 95.0 Å². The van der Waals surface area contributed by atoms with Gasteiger partial charge in [0.15, 0.2) is 5.82 Å². The van der Waals surface area contributed by atoms with Crippen molar-refractivity contribution in [3.05, 3.63) is 57.8 Å². The molecule has 1 aliphatic heterocycles. The molecule has 1 atom stereocenters. The number of hydrogen-bond acceptors (Lipinski definition) is 5. The molecule has 1 aliphatic carbocycles. The molecule has 1 aromatic carbocycles. The van der Waals surface area contributed by atoms with Crippen LogP contribution >= 0.6 is 0 Å². The van der Waals surface area contributed by atoms with E-state index >= 15 is 0 Å². The first-order valence-corrected chi connectivity index (χ1v) is 12.4. The van der Waals surface area contributed by atoms with Crippen molar-refractivity contribution in [2.75, 3.05) is 25.0 Å². The molecule has 180 valence electrons. The number of likely N-dealkylation sites (tertiary alicyclic amines) is 1. The standard InChI is InChI=1S/C26H34N6O2/c1-17-11-27-23-8-7-20(10-22(17)23)13-28-24(33)16-32-18(2)12-29-25(26(32)34)30-14-21-4-3-9-31(21)15-19-5-6-19/h7-8,10-12,19,21,27H,3-6,9,13-16H2,1-2H3,(H,28,33)(H,29,30)/t21-/m0/s1. The van der Waals surface area contributed by atoms with Gasteiger partial charge in [0.2, 0.25) is 5.91 Å². The van der Waals surface area contributed by atoms with Crippen LogP contribution in [-0.4, -0.2) is 51.0 Å². The summed E-state index contributed by atoms with van der Waals surface area (Å²) in [6.45, 7) is 7.29. The molecule has 0 bridgehead atoms. The second-order valence-electron chi connectivity index (χ2n) is 9.88. The fourth-order valence-electron chi connectivity index (χ4n) is 4.92. The molecule has 2 aliphatic rings. The number of benzene rings is 1. The Balaban J connectivity index is 1.19. The second-order valence-corrected chi connectivity index (χ2v) is 9.88. The minimum absolute atomic E-state index is 0.0233. The van der Waals surface area contributed by atoms with Crippen LogP contribution in [0.4, 0.5) is 5.82 Å². The van der Waals surface area contributed by atoms with Crippen molar-refractivity contribution in [3.63, 3.8) is 0 Å². The molecule has 3 heterocycles. The number of nitrogens with zero attached hydrogens (tertiary/aromatic N) is 3. The maximum atomic E-state index is 13.1. The molecule has 5 rings (SSSR count). The van der Waals surface area contributed by atoms with Gasteiger partial charge in [-0.25, -0.2) is 4.98 Å². The van der Waals surface area contributed by atoms with E-state index in [4.69, 9.17) is 0 Å². The van der Waals surface area contributed by atoms with Gasteiger partial charge in [0, 0.05) is 54.7 Å². The molecule has 8 nitrogen and oxygen atoms in total. The molecule has 1 saturated heterocycles. The van der Waals surface area contributed by atoms with Gasteiger partial charge in [0.05, 0.1) is 0 Å². The van der Waals surface area contributed by atoms with Crippen LogP contribution in [-0.2, 0) is 17.9 Å². The Morgan fingerprint density at radius 2 is 2.09 bits per heavy atom. The van der Waals surface area contributed by atoms with Gasteiger partial charge in [-0.2, -0.15) is 0 Å². The summed E-state index contributed by atoms with van der Waals surface area (Å²) in [4.78, 5) is 35.9. The number of anilines is 1. The molecule has 3 aromatic rings. The largest absolute Gasteiger partial charge is 0.364 e. The summed E-state index contributed by atoms with van der Waals surface area (Å²) in [7, 11) is 0. The van der Waals surface area contributed by atoms with E-state index in [-0.39, 0.29) is 18.0 Å². The lowest BCUT2D eigenvalue weighted by Gasteiger charge is -2.24. The Hall–Kier alpha value is -3.13. The number of carbonyl (C=O) groups is 1. The van der Waals surface area contributed by atoms with Gasteiger partial charge in [0.1, 0.15) is 6.54 Å². The zero-order valence-electron chi connectivity index (χ0n) is 20.1.